The second kappa shape index (κ2) is 7.67. The minimum Gasteiger partial charge on any atom is -0.454 e. The molecule has 0 aliphatic carbocycles. The van der Waals surface area contributed by atoms with Gasteiger partial charge in [0.05, 0.1) is 6.61 Å². The first-order chi connectivity index (χ1) is 12.1. The summed E-state index contributed by atoms with van der Waals surface area (Å²) in [5.41, 5.74) is 6.02. The molecule has 1 heterocycles. The van der Waals surface area contributed by atoms with Crippen molar-refractivity contribution in [2.24, 2.45) is 0 Å². The van der Waals surface area contributed by atoms with E-state index in [2.05, 4.69) is 10.9 Å². The Hall–Kier alpha value is -3.06. The smallest absolute Gasteiger partial charge is 0.269 e. The quantitative estimate of drug-likeness (QED) is 0.809. The zero-order chi connectivity index (χ0) is 17.6. The molecular weight excluding hydrogens is 324 g/mol. The summed E-state index contributed by atoms with van der Waals surface area (Å²) in [6.45, 7) is 2.06. The third-order valence-corrected chi connectivity index (χ3v) is 3.65. The van der Waals surface area contributed by atoms with Gasteiger partial charge in [-0.05, 0) is 30.7 Å². The molecule has 2 aromatic rings. The highest BCUT2D eigenvalue weighted by Crippen LogP contribution is 2.32. The minimum absolute atomic E-state index is 0.132. The maximum absolute atomic E-state index is 12.1. The van der Waals surface area contributed by atoms with Gasteiger partial charge in [-0.1, -0.05) is 30.3 Å². The van der Waals surface area contributed by atoms with Gasteiger partial charge < -0.3 is 14.2 Å². The summed E-state index contributed by atoms with van der Waals surface area (Å²) >= 11 is 0. The fourth-order valence-electron chi connectivity index (χ4n) is 2.20. The van der Waals surface area contributed by atoms with E-state index < -0.39 is 17.9 Å². The summed E-state index contributed by atoms with van der Waals surface area (Å²) < 4.78 is 15.9. The number of rotatable bonds is 5. The molecule has 25 heavy (non-hydrogen) atoms. The van der Waals surface area contributed by atoms with E-state index in [0.717, 1.165) is 5.56 Å². The average Bonchev–Trinajstić information content (AvgIpc) is 3.12. The van der Waals surface area contributed by atoms with Crippen LogP contribution < -0.4 is 20.3 Å². The Balaban J connectivity index is 1.47. The zero-order valence-electron chi connectivity index (χ0n) is 13.7. The van der Waals surface area contributed by atoms with Crippen LogP contribution in [0.3, 0.4) is 0 Å². The maximum Gasteiger partial charge on any atom is 0.269 e. The minimum atomic E-state index is -0.711. The van der Waals surface area contributed by atoms with Crippen LogP contribution in [0.4, 0.5) is 0 Å². The largest absolute Gasteiger partial charge is 0.454 e. The highest BCUT2D eigenvalue weighted by Gasteiger charge is 2.18. The van der Waals surface area contributed by atoms with E-state index in [0.29, 0.717) is 23.7 Å². The summed E-state index contributed by atoms with van der Waals surface area (Å²) in [7, 11) is 0. The Kier molecular flexibility index (Phi) is 5.15. The molecule has 130 valence electrons. The molecule has 0 saturated carbocycles. The molecule has 1 unspecified atom stereocenters. The van der Waals surface area contributed by atoms with Crippen LogP contribution >= 0.6 is 0 Å². The van der Waals surface area contributed by atoms with Crippen molar-refractivity contribution in [3.8, 4) is 11.5 Å². The van der Waals surface area contributed by atoms with E-state index in [1.165, 1.54) is 0 Å². The molecule has 0 aromatic heterocycles. The van der Waals surface area contributed by atoms with Gasteiger partial charge in [-0.2, -0.15) is 0 Å². The standard InChI is InChI=1S/C18H18N2O5/c1-12(23-10-13-5-3-2-4-6-13)17(21)19-20-18(22)14-7-8-15-16(9-14)25-11-24-15/h2-9,12H,10-11H2,1H3,(H,19,21)(H,20,22). The lowest BCUT2D eigenvalue weighted by Crippen LogP contribution is -2.46. The van der Waals surface area contributed by atoms with Crippen molar-refractivity contribution < 1.29 is 23.8 Å². The molecule has 0 spiro atoms. The molecule has 1 aliphatic heterocycles. The Morgan fingerprint density at radius 2 is 1.84 bits per heavy atom. The fourth-order valence-corrected chi connectivity index (χ4v) is 2.20. The molecule has 7 nitrogen and oxygen atoms in total. The SMILES string of the molecule is CC(OCc1ccccc1)C(=O)NNC(=O)c1ccc2c(c1)OCO2. The summed E-state index contributed by atoms with van der Waals surface area (Å²) in [5.74, 6) is 0.189. The normalized spacial score (nSPS) is 13.2. The topological polar surface area (TPSA) is 85.9 Å². The number of benzene rings is 2. The van der Waals surface area contributed by atoms with Gasteiger partial charge in [0.1, 0.15) is 6.10 Å². The van der Waals surface area contributed by atoms with Crippen molar-refractivity contribution in [2.75, 3.05) is 6.79 Å². The number of ether oxygens (including phenoxy) is 3. The van der Waals surface area contributed by atoms with Gasteiger partial charge >= 0.3 is 0 Å². The monoisotopic (exact) mass is 342 g/mol. The predicted octanol–water partition coefficient (Wildman–Crippen LogP) is 1.78. The lowest BCUT2D eigenvalue weighted by Gasteiger charge is -2.14. The van der Waals surface area contributed by atoms with Crippen molar-refractivity contribution in [2.45, 2.75) is 19.6 Å². The van der Waals surface area contributed by atoms with E-state index in [-0.39, 0.29) is 6.79 Å². The number of hydrogen-bond acceptors (Lipinski definition) is 5. The van der Waals surface area contributed by atoms with Crippen LogP contribution in [0, 0.1) is 0 Å². The summed E-state index contributed by atoms with van der Waals surface area (Å²) in [4.78, 5) is 24.1. The van der Waals surface area contributed by atoms with Crippen LogP contribution in [0.1, 0.15) is 22.8 Å². The van der Waals surface area contributed by atoms with E-state index >= 15 is 0 Å². The predicted molar refractivity (Wildman–Crippen MR) is 88.9 cm³/mol. The van der Waals surface area contributed by atoms with Crippen molar-refractivity contribution >= 4 is 11.8 Å². The molecule has 0 saturated heterocycles. The summed E-state index contributed by atoms with van der Waals surface area (Å²) in [6, 6.07) is 14.3. The van der Waals surface area contributed by atoms with Crippen LogP contribution in [-0.2, 0) is 16.1 Å². The van der Waals surface area contributed by atoms with Gasteiger partial charge in [0.15, 0.2) is 11.5 Å². The van der Waals surface area contributed by atoms with Gasteiger partial charge in [0.25, 0.3) is 11.8 Å². The number of carbonyl (C=O) groups excluding carboxylic acids is 2. The lowest BCUT2D eigenvalue weighted by molar-refractivity contribution is -0.133. The molecule has 2 N–H and O–H groups in total. The highest BCUT2D eigenvalue weighted by molar-refractivity contribution is 5.96. The van der Waals surface area contributed by atoms with Gasteiger partial charge in [0.2, 0.25) is 6.79 Å². The molecule has 2 aromatic carbocycles. The van der Waals surface area contributed by atoms with Crippen LogP contribution in [-0.4, -0.2) is 24.7 Å². The van der Waals surface area contributed by atoms with E-state index in [4.69, 9.17) is 14.2 Å². The first-order valence-electron chi connectivity index (χ1n) is 7.79. The number of nitrogens with one attached hydrogen (secondary N) is 2. The Morgan fingerprint density at radius 3 is 2.64 bits per heavy atom. The van der Waals surface area contributed by atoms with Gasteiger partial charge in [-0.15, -0.1) is 0 Å². The third kappa shape index (κ3) is 4.27. The summed E-state index contributed by atoms with van der Waals surface area (Å²) in [6.07, 6.45) is -0.711. The number of hydrogen-bond donors (Lipinski definition) is 2. The molecule has 3 rings (SSSR count). The molecule has 2 amide bonds. The van der Waals surface area contributed by atoms with Crippen LogP contribution in [0.25, 0.3) is 0 Å². The lowest BCUT2D eigenvalue weighted by atomic mass is 10.2. The Bertz CT molecular complexity index is 763. The van der Waals surface area contributed by atoms with E-state index in [1.807, 2.05) is 30.3 Å². The van der Waals surface area contributed by atoms with Crippen molar-refractivity contribution in [3.63, 3.8) is 0 Å². The second-order valence-electron chi connectivity index (χ2n) is 5.45. The summed E-state index contributed by atoms with van der Waals surface area (Å²) in [5, 5.41) is 0. The zero-order valence-corrected chi connectivity index (χ0v) is 13.7. The first-order valence-corrected chi connectivity index (χ1v) is 7.79. The highest BCUT2D eigenvalue weighted by atomic mass is 16.7. The van der Waals surface area contributed by atoms with Gasteiger partial charge in [0, 0.05) is 5.56 Å². The van der Waals surface area contributed by atoms with Crippen LogP contribution in [0.2, 0.25) is 0 Å². The first kappa shape index (κ1) is 16.8. The Morgan fingerprint density at radius 1 is 1.08 bits per heavy atom. The van der Waals surface area contributed by atoms with Crippen molar-refractivity contribution in [1.82, 2.24) is 10.9 Å². The average molecular weight is 342 g/mol. The third-order valence-electron chi connectivity index (χ3n) is 3.65. The fraction of sp³-hybridized carbons (Fsp3) is 0.222. The molecule has 7 heteroatoms. The van der Waals surface area contributed by atoms with Gasteiger partial charge in [-0.25, -0.2) is 0 Å². The number of hydrazine groups is 1. The van der Waals surface area contributed by atoms with Crippen molar-refractivity contribution in [1.29, 1.82) is 0 Å². The molecule has 0 radical (unpaired) electrons. The maximum atomic E-state index is 12.1. The second-order valence-corrected chi connectivity index (χ2v) is 5.45. The molecule has 0 bridgehead atoms. The molecule has 1 aliphatic rings. The van der Waals surface area contributed by atoms with E-state index in [9.17, 15) is 9.59 Å². The van der Waals surface area contributed by atoms with Crippen LogP contribution in [0.15, 0.2) is 48.5 Å². The molecular formula is C18H18N2O5. The number of carbonyl (C=O) groups is 2. The van der Waals surface area contributed by atoms with E-state index in [1.54, 1.807) is 25.1 Å². The molecule has 1 atom stereocenters. The Labute approximate surface area is 144 Å². The number of amides is 2. The molecule has 0 fully saturated rings. The number of fused-ring (bicyclic) bond motifs is 1. The van der Waals surface area contributed by atoms with Gasteiger partial charge in [-0.3, -0.25) is 20.4 Å². The van der Waals surface area contributed by atoms with Crippen LogP contribution in [0.5, 0.6) is 11.5 Å². The van der Waals surface area contributed by atoms with Crippen molar-refractivity contribution in [3.05, 3.63) is 59.7 Å².